The fraction of sp³-hybridized carbons (Fsp3) is 0.211. The van der Waals surface area contributed by atoms with E-state index in [9.17, 15) is 4.79 Å². The van der Waals surface area contributed by atoms with Gasteiger partial charge in [0.1, 0.15) is 0 Å². The van der Waals surface area contributed by atoms with Crippen molar-refractivity contribution in [3.05, 3.63) is 82.4 Å². The molecule has 0 saturated heterocycles. The van der Waals surface area contributed by atoms with Crippen LogP contribution >= 0.6 is 0 Å². The lowest BCUT2D eigenvalue weighted by molar-refractivity contribution is 0.0942. The summed E-state index contributed by atoms with van der Waals surface area (Å²) in [6, 6.07) is 9.88. The molecule has 1 atom stereocenters. The van der Waals surface area contributed by atoms with Crippen molar-refractivity contribution in [2.75, 3.05) is 0 Å². The predicted molar refractivity (Wildman–Crippen MR) is 92.8 cm³/mol. The number of aromatic amines is 1. The summed E-state index contributed by atoms with van der Waals surface area (Å²) < 4.78 is 0. The molecular formula is C19H20N4O. The number of carbonyl (C=O) groups excluding carboxylic acids is 1. The second-order valence-corrected chi connectivity index (χ2v) is 6.02. The average Bonchev–Trinajstić information content (AvgIpc) is 2.98. The van der Waals surface area contributed by atoms with Crippen LogP contribution in [0.25, 0.3) is 0 Å². The van der Waals surface area contributed by atoms with Crippen LogP contribution in [0, 0.1) is 20.8 Å². The van der Waals surface area contributed by atoms with Gasteiger partial charge in [-0.2, -0.15) is 5.10 Å². The molecule has 0 saturated carbocycles. The molecule has 1 amide bonds. The minimum Gasteiger partial charge on any atom is -0.341 e. The molecule has 0 radical (unpaired) electrons. The van der Waals surface area contributed by atoms with E-state index in [1.165, 1.54) is 0 Å². The number of aromatic nitrogens is 3. The maximum absolute atomic E-state index is 12.7. The van der Waals surface area contributed by atoms with Crippen LogP contribution in [0.1, 0.15) is 44.3 Å². The van der Waals surface area contributed by atoms with Gasteiger partial charge in [0.25, 0.3) is 5.91 Å². The Kier molecular flexibility index (Phi) is 4.42. The predicted octanol–water partition coefficient (Wildman–Crippen LogP) is 3.25. The third-order valence-corrected chi connectivity index (χ3v) is 3.95. The van der Waals surface area contributed by atoms with Gasteiger partial charge in [-0.15, -0.1) is 0 Å². The summed E-state index contributed by atoms with van der Waals surface area (Å²) in [5, 5.41) is 9.83. The van der Waals surface area contributed by atoms with Crippen molar-refractivity contribution in [1.82, 2.24) is 20.5 Å². The maximum Gasteiger partial charge on any atom is 0.255 e. The monoisotopic (exact) mass is 320 g/mol. The van der Waals surface area contributed by atoms with Crippen LogP contribution in [0.15, 0.2) is 48.9 Å². The fourth-order valence-corrected chi connectivity index (χ4v) is 2.87. The highest BCUT2D eigenvalue weighted by molar-refractivity contribution is 5.95. The number of benzene rings is 1. The number of carbonyl (C=O) groups is 1. The molecule has 24 heavy (non-hydrogen) atoms. The molecule has 2 aromatic heterocycles. The first-order chi connectivity index (χ1) is 11.5. The molecule has 2 heterocycles. The Balaban J connectivity index is 2.00. The molecule has 0 spiro atoms. The number of amides is 1. The third-order valence-electron chi connectivity index (χ3n) is 3.95. The lowest BCUT2D eigenvalue weighted by Crippen LogP contribution is -2.29. The molecule has 0 aliphatic rings. The first kappa shape index (κ1) is 15.9. The zero-order chi connectivity index (χ0) is 17.1. The minimum atomic E-state index is -0.265. The van der Waals surface area contributed by atoms with Crippen molar-refractivity contribution in [2.45, 2.75) is 26.8 Å². The molecule has 3 aromatic rings. The largest absolute Gasteiger partial charge is 0.341 e. The van der Waals surface area contributed by atoms with Gasteiger partial charge in [0, 0.05) is 18.1 Å². The third kappa shape index (κ3) is 3.35. The van der Waals surface area contributed by atoms with Gasteiger partial charge in [0.2, 0.25) is 0 Å². The quantitative estimate of drug-likeness (QED) is 0.775. The molecule has 5 nitrogen and oxygen atoms in total. The molecule has 0 aliphatic heterocycles. The number of pyridine rings is 1. The van der Waals surface area contributed by atoms with Crippen molar-refractivity contribution in [3.8, 4) is 0 Å². The Hall–Kier alpha value is -2.95. The van der Waals surface area contributed by atoms with Crippen LogP contribution < -0.4 is 5.32 Å². The van der Waals surface area contributed by atoms with E-state index in [-0.39, 0.29) is 11.9 Å². The van der Waals surface area contributed by atoms with E-state index in [1.807, 2.05) is 19.1 Å². The lowest BCUT2D eigenvalue weighted by Gasteiger charge is -2.20. The van der Waals surface area contributed by atoms with E-state index >= 15 is 0 Å². The number of nitrogens with one attached hydrogen (secondary N) is 2. The number of aryl methyl sites for hydroxylation is 3. The topological polar surface area (TPSA) is 70.7 Å². The van der Waals surface area contributed by atoms with E-state index in [0.29, 0.717) is 5.56 Å². The Morgan fingerprint density at radius 3 is 2.42 bits per heavy atom. The summed E-state index contributed by atoms with van der Waals surface area (Å²) in [6.07, 6.45) is 5.06. The van der Waals surface area contributed by atoms with Crippen molar-refractivity contribution < 1.29 is 4.79 Å². The van der Waals surface area contributed by atoms with E-state index in [4.69, 9.17) is 0 Å². The van der Waals surface area contributed by atoms with Crippen LogP contribution in [0.5, 0.6) is 0 Å². The second kappa shape index (κ2) is 6.66. The average molecular weight is 320 g/mol. The van der Waals surface area contributed by atoms with Gasteiger partial charge in [0.15, 0.2) is 0 Å². The number of nitrogens with zero attached hydrogens (tertiary/aromatic N) is 2. The summed E-state index contributed by atoms with van der Waals surface area (Å²) in [5.41, 5.74) is 5.60. The zero-order valence-corrected chi connectivity index (χ0v) is 14.0. The molecule has 2 N–H and O–H groups in total. The van der Waals surface area contributed by atoms with Gasteiger partial charge in [-0.25, -0.2) is 0 Å². The number of H-pyrrole nitrogens is 1. The van der Waals surface area contributed by atoms with Crippen LogP contribution in [0.2, 0.25) is 0 Å². The van der Waals surface area contributed by atoms with Gasteiger partial charge in [0.05, 0.1) is 17.8 Å². The second-order valence-electron chi connectivity index (χ2n) is 6.02. The van der Waals surface area contributed by atoms with Crippen LogP contribution in [0.3, 0.4) is 0 Å². The van der Waals surface area contributed by atoms with Crippen LogP contribution in [0.4, 0.5) is 0 Å². The highest BCUT2D eigenvalue weighted by Gasteiger charge is 2.20. The SMILES string of the molecule is Cc1cc(C)cc(C(NC(=O)c2cn[nH]c2C)c2cccnc2)c1. The Morgan fingerprint density at radius 2 is 1.83 bits per heavy atom. The number of hydrogen-bond donors (Lipinski definition) is 2. The van der Waals surface area contributed by atoms with Crippen LogP contribution in [-0.4, -0.2) is 21.1 Å². The summed E-state index contributed by atoms with van der Waals surface area (Å²) in [5.74, 6) is -0.158. The highest BCUT2D eigenvalue weighted by Crippen LogP contribution is 2.24. The van der Waals surface area contributed by atoms with Crippen molar-refractivity contribution >= 4 is 5.91 Å². The molecule has 122 valence electrons. The van der Waals surface area contributed by atoms with E-state index < -0.39 is 0 Å². The summed E-state index contributed by atoms with van der Waals surface area (Å²) in [7, 11) is 0. The summed E-state index contributed by atoms with van der Waals surface area (Å²) in [6.45, 7) is 5.94. The molecule has 3 rings (SSSR count). The van der Waals surface area contributed by atoms with Crippen LogP contribution in [-0.2, 0) is 0 Å². The van der Waals surface area contributed by atoms with Gasteiger partial charge >= 0.3 is 0 Å². The first-order valence-corrected chi connectivity index (χ1v) is 7.83. The molecule has 1 unspecified atom stereocenters. The molecule has 5 heteroatoms. The molecule has 0 aliphatic carbocycles. The number of hydrogen-bond acceptors (Lipinski definition) is 3. The molecule has 1 aromatic carbocycles. The van der Waals surface area contributed by atoms with Gasteiger partial charge in [-0.05, 0) is 38.0 Å². The van der Waals surface area contributed by atoms with Crippen molar-refractivity contribution in [2.24, 2.45) is 0 Å². The van der Waals surface area contributed by atoms with E-state index in [1.54, 1.807) is 18.6 Å². The Labute approximate surface area is 141 Å². The minimum absolute atomic E-state index is 0.158. The first-order valence-electron chi connectivity index (χ1n) is 7.83. The maximum atomic E-state index is 12.7. The van der Waals surface area contributed by atoms with Crippen molar-refractivity contribution in [1.29, 1.82) is 0 Å². The molecule has 0 fully saturated rings. The van der Waals surface area contributed by atoms with Gasteiger partial charge in [-0.1, -0.05) is 35.4 Å². The number of rotatable bonds is 4. The van der Waals surface area contributed by atoms with Crippen molar-refractivity contribution in [3.63, 3.8) is 0 Å². The van der Waals surface area contributed by atoms with Gasteiger partial charge in [-0.3, -0.25) is 14.9 Å². The standard InChI is InChI=1S/C19H20N4O/c1-12-7-13(2)9-16(8-12)18(15-5-4-6-20-10-15)22-19(24)17-11-21-23-14(17)3/h4-11,18H,1-3H3,(H,21,23)(H,22,24). The Morgan fingerprint density at radius 1 is 1.08 bits per heavy atom. The summed E-state index contributed by atoms with van der Waals surface area (Å²) in [4.78, 5) is 16.9. The zero-order valence-electron chi connectivity index (χ0n) is 14.0. The Bertz CT molecular complexity index is 835. The lowest BCUT2D eigenvalue weighted by atomic mass is 9.96. The van der Waals surface area contributed by atoms with E-state index in [2.05, 4.69) is 52.5 Å². The van der Waals surface area contributed by atoms with E-state index in [0.717, 1.165) is 27.9 Å². The molecular weight excluding hydrogens is 300 g/mol. The molecule has 0 bridgehead atoms. The highest BCUT2D eigenvalue weighted by atomic mass is 16.1. The summed E-state index contributed by atoms with van der Waals surface area (Å²) >= 11 is 0. The smallest absolute Gasteiger partial charge is 0.255 e. The van der Waals surface area contributed by atoms with Gasteiger partial charge < -0.3 is 5.32 Å². The fourth-order valence-electron chi connectivity index (χ4n) is 2.87. The normalized spacial score (nSPS) is 12.0.